The SMILES string of the molecule is c1ccc2cc3c(cc2c1)oc1cccc(-c2c4ccccc4c(-c4cc5ccc6cccc7c8cccc9ccc%10cccc(c(c4)c5c67)c%10c98)c4ccccc24)c13. The predicted octanol–water partition coefficient (Wildman–Crippen LogP) is 16.7. The van der Waals surface area contributed by atoms with Gasteiger partial charge in [-0.1, -0.05) is 164 Å². The van der Waals surface area contributed by atoms with Crippen molar-refractivity contribution in [3.8, 4) is 22.3 Å². The van der Waals surface area contributed by atoms with Crippen molar-refractivity contribution in [2.75, 3.05) is 0 Å². The van der Waals surface area contributed by atoms with Crippen LogP contribution in [0.4, 0.5) is 0 Å². The van der Waals surface area contributed by atoms with Crippen molar-refractivity contribution >= 4 is 119 Å². The van der Waals surface area contributed by atoms with Crippen molar-refractivity contribution < 1.29 is 4.42 Å². The Bertz CT molecular complexity index is 4060. The summed E-state index contributed by atoms with van der Waals surface area (Å²) in [5.41, 5.74) is 6.73. The van der Waals surface area contributed by atoms with E-state index in [1.165, 1.54) is 119 Å². The average molecular weight is 745 g/mol. The van der Waals surface area contributed by atoms with E-state index in [0.29, 0.717) is 0 Å². The van der Waals surface area contributed by atoms with Gasteiger partial charge in [0.05, 0.1) is 0 Å². The molecule has 1 nitrogen and oxygen atoms in total. The summed E-state index contributed by atoms with van der Waals surface area (Å²) in [4.78, 5) is 0. The molecular weight excluding hydrogens is 713 g/mol. The highest BCUT2D eigenvalue weighted by molar-refractivity contribution is 6.38. The predicted molar refractivity (Wildman–Crippen MR) is 253 cm³/mol. The third-order valence-electron chi connectivity index (χ3n) is 13.3. The van der Waals surface area contributed by atoms with Crippen molar-refractivity contribution in [1.29, 1.82) is 0 Å². The molecule has 0 amide bonds. The molecule has 0 N–H and O–H groups in total. The van der Waals surface area contributed by atoms with Crippen molar-refractivity contribution in [2.24, 2.45) is 0 Å². The van der Waals surface area contributed by atoms with Gasteiger partial charge in [-0.2, -0.15) is 0 Å². The van der Waals surface area contributed by atoms with Crippen LogP contribution in [0.3, 0.4) is 0 Å². The van der Waals surface area contributed by atoms with E-state index in [9.17, 15) is 0 Å². The highest BCUT2D eigenvalue weighted by Gasteiger charge is 2.22. The Kier molecular flexibility index (Phi) is 6.08. The van der Waals surface area contributed by atoms with E-state index >= 15 is 0 Å². The van der Waals surface area contributed by atoms with Gasteiger partial charge in [0.25, 0.3) is 0 Å². The van der Waals surface area contributed by atoms with Gasteiger partial charge in [-0.05, 0) is 150 Å². The topological polar surface area (TPSA) is 13.1 Å². The van der Waals surface area contributed by atoms with Gasteiger partial charge in [0.15, 0.2) is 0 Å². The van der Waals surface area contributed by atoms with Crippen LogP contribution in [0.1, 0.15) is 0 Å². The zero-order valence-electron chi connectivity index (χ0n) is 31.9. The molecule has 14 aromatic rings. The van der Waals surface area contributed by atoms with Gasteiger partial charge < -0.3 is 4.42 Å². The zero-order chi connectivity index (χ0) is 38.3. The molecule has 59 heavy (non-hydrogen) atoms. The summed E-state index contributed by atoms with van der Waals surface area (Å²) in [7, 11) is 0. The number of hydrogen-bond acceptors (Lipinski definition) is 1. The minimum Gasteiger partial charge on any atom is -0.456 e. The summed E-state index contributed by atoms with van der Waals surface area (Å²) < 4.78 is 6.63. The third kappa shape index (κ3) is 4.18. The summed E-state index contributed by atoms with van der Waals surface area (Å²) in [5, 5.41) is 25.1. The van der Waals surface area contributed by atoms with Crippen LogP contribution < -0.4 is 0 Å². The van der Waals surface area contributed by atoms with Crippen molar-refractivity contribution in [3.63, 3.8) is 0 Å². The fourth-order valence-electron chi connectivity index (χ4n) is 10.9. The van der Waals surface area contributed by atoms with Crippen LogP contribution in [0.2, 0.25) is 0 Å². The molecule has 13 aromatic carbocycles. The lowest BCUT2D eigenvalue weighted by atomic mass is 9.83. The molecule has 0 fully saturated rings. The minimum atomic E-state index is 0.906. The lowest BCUT2D eigenvalue weighted by molar-refractivity contribution is 0.669. The highest BCUT2D eigenvalue weighted by Crippen LogP contribution is 2.50. The second kappa shape index (κ2) is 11.4. The molecule has 0 unspecified atom stereocenters. The number of furan rings is 1. The summed E-state index contributed by atoms with van der Waals surface area (Å²) in [6.07, 6.45) is 0. The molecule has 0 aliphatic carbocycles. The van der Waals surface area contributed by atoms with Crippen LogP contribution in [0.5, 0.6) is 0 Å². The first-order valence-corrected chi connectivity index (χ1v) is 20.5. The molecule has 0 saturated heterocycles. The van der Waals surface area contributed by atoms with Gasteiger partial charge in [0, 0.05) is 10.8 Å². The maximum atomic E-state index is 6.63. The Hall–Kier alpha value is -7.74. The first-order valence-electron chi connectivity index (χ1n) is 20.5. The first kappa shape index (κ1) is 31.4. The second-order valence-electron chi connectivity index (χ2n) is 16.3. The molecule has 1 heterocycles. The van der Waals surface area contributed by atoms with Gasteiger partial charge in [0.2, 0.25) is 0 Å². The molecule has 0 aliphatic heterocycles. The van der Waals surface area contributed by atoms with Gasteiger partial charge in [-0.25, -0.2) is 0 Å². The maximum absolute atomic E-state index is 6.63. The molecule has 0 atom stereocenters. The van der Waals surface area contributed by atoms with Crippen LogP contribution in [0, 0.1) is 0 Å². The van der Waals surface area contributed by atoms with Gasteiger partial charge in [-0.3, -0.25) is 0 Å². The molecule has 0 aliphatic rings. The monoisotopic (exact) mass is 744 g/mol. The van der Waals surface area contributed by atoms with E-state index in [-0.39, 0.29) is 0 Å². The van der Waals surface area contributed by atoms with E-state index in [2.05, 4.69) is 194 Å². The van der Waals surface area contributed by atoms with Crippen molar-refractivity contribution in [1.82, 2.24) is 0 Å². The Morgan fingerprint density at radius 1 is 0.237 bits per heavy atom. The lowest BCUT2D eigenvalue weighted by Gasteiger charge is -2.20. The van der Waals surface area contributed by atoms with Gasteiger partial charge in [0.1, 0.15) is 11.2 Å². The molecule has 1 aromatic heterocycles. The molecular formula is C58H32O. The van der Waals surface area contributed by atoms with Crippen LogP contribution in [-0.2, 0) is 0 Å². The van der Waals surface area contributed by atoms with Crippen LogP contribution in [-0.4, -0.2) is 0 Å². The molecule has 270 valence electrons. The normalized spacial score (nSPS) is 12.4. The quantitative estimate of drug-likeness (QED) is 0.127. The number of hydrogen-bond donors (Lipinski definition) is 0. The van der Waals surface area contributed by atoms with Crippen LogP contribution in [0.15, 0.2) is 199 Å². The Balaban J connectivity index is 1.15. The fraction of sp³-hybridized carbons (Fsp3) is 0. The minimum absolute atomic E-state index is 0.906. The summed E-state index contributed by atoms with van der Waals surface area (Å²) in [6.45, 7) is 0. The largest absolute Gasteiger partial charge is 0.456 e. The standard InChI is InChI=1S/C58H32O/c1-2-12-37-32-51-49(30-36(37)11-1)58-47(23-10-24-50(58)59-51)57-44-18-5-3-16-40(44)52(41-17-4-6-19-45(41)57)39-29-38-28-27-35-14-8-21-43-42-20-7-13-33-25-26-34-15-9-22-46(55(34)53(33)42)48(31-39)56(38)54(35)43/h1-32H. The van der Waals surface area contributed by atoms with Gasteiger partial charge >= 0.3 is 0 Å². The maximum Gasteiger partial charge on any atom is 0.136 e. The average Bonchev–Trinajstić information content (AvgIpc) is 3.66. The second-order valence-corrected chi connectivity index (χ2v) is 16.3. The molecule has 0 spiro atoms. The smallest absolute Gasteiger partial charge is 0.136 e. The zero-order valence-corrected chi connectivity index (χ0v) is 31.9. The van der Waals surface area contributed by atoms with Crippen LogP contribution in [0.25, 0.3) is 141 Å². The van der Waals surface area contributed by atoms with E-state index in [1.807, 2.05) is 0 Å². The fourth-order valence-corrected chi connectivity index (χ4v) is 10.9. The number of rotatable bonds is 2. The van der Waals surface area contributed by atoms with E-state index in [0.717, 1.165) is 21.9 Å². The molecule has 0 bridgehead atoms. The Morgan fingerprint density at radius 3 is 1.31 bits per heavy atom. The Labute approximate surface area is 338 Å². The number of fused-ring (bicyclic) bond motifs is 8. The first-order chi connectivity index (χ1) is 29.3. The van der Waals surface area contributed by atoms with Crippen LogP contribution >= 0.6 is 0 Å². The summed E-state index contributed by atoms with van der Waals surface area (Å²) in [6, 6.07) is 72.3. The van der Waals surface area contributed by atoms with E-state index in [4.69, 9.17) is 4.42 Å². The molecule has 1 heteroatoms. The van der Waals surface area contributed by atoms with Crippen molar-refractivity contribution in [3.05, 3.63) is 194 Å². The highest BCUT2D eigenvalue weighted by atomic mass is 16.3. The molecule has 0 saturated carbocycles. The van der Waals surface area contributed by atoms with Gasteiger partial charge in [-0.15, -0.1) is 0 Å². The lowest BCUT2D eigenvalue weighted by Crippen LogP contribution is -1.92. The van der Waals surface area contributed by atoms with E-state index in [1.54, 1.807) is 0 Å². The van der Waals surface area contributed by atoms with E-state index < -0.39 is 0 Å². The van der Waals surface area contributed by atoms with Crippen molar-refractivity contribution in [2.45, 2.75) is 0 Å². The third-order valence-corrected chi connectivity index (χ3v) is 13.3. The number of benzene rings is 12. The summed E-state index contributed by atoms with van der Waals surface area (Å²) in [5.74, 6) is 0. The molecule has 0 radical (unpaired) electrons. The molecule has 14 rings (SSSR count). The summed E-state index contributed by atoms with van der Waals surface area (Å²) >= 11 is 0. The Morgan fingerprint density at radius 2 is 0.695 bits per heavy atom.